The standard InChI is InChI=1S/C29H40ClN5O8/c1-17(31-24(37)12-13-25(38)43-4)26(39)32-18(2)27(40)33-19(3)29(42)35-14-8-11-22(35)28(41)34-21(23(36)16-30)15-20-9-6-5-7-10-20/h5-7,9-10,17-19,21-22H,8,11-16H2,1-4H3,(H,31,37)(H,32,39)(H,33,40)(H,34,41)/t17-,18+,19-,21?,22-/m0/s1. The van der Waals surface area contributed by atoms with Gasteiger partial charge < -0.3 is 30.9 Å². The fraction of sp³-hybridized carbons (Fsp3) is 0.552. The summed E-state index contributed by atoms with van der Waals surface area (Å²) in [6.45, 7) is 4.61. The Balaban J connectivity index is 1.92. The average molecular weight is 622 g/mol. The predicted octanol–water partition coefficient (Wildman–Crippen LogP) is -0.0199. The highest BCUT2D eigenvalue weighted by atomic mass is 35.5. The second-order valence-electron chi connectivity index (χ2n) is 10.4. The first-order valence-electron chi connectivity index (χ1n) is 14.1. The first-order valence-corrected chi connectivity index (χ1v) is 14.6. The van der Waals surface area contributed by atoms with E-state index in [0.717, 1.165) is 5.56 Å². The zero-order valence-corrected chi connectivity index (χ0v) is 25.6. The largest absolute Gasteiger partial charge is 0.469 e. The number of alkyl halides is 1. The van der Waals surface area contributed by atoms with Gasteiger partial charge in [0.05, 0.1) is 25.5 Å². The number of amides is 5. The van der Waals surface area contributed by atoms with Crippen LogP contribution in [0, 0.1) is 0 Å². The third-order valence-corrected chi connectivity index (χ3v) is 7.26. The van der Waals surface area contributed by atoms with E-state index in [0.29, 0.717) is 19.4 Å². The molecular formula is C29H40ClN5O8. The van der Waals surface area contributed by atoms with Crippen LogP contribution in [0.3, 0.4) is 0 Å². The zero-order valence-electron chi connectivity index (χ0n) is 24.8. The molecule has 236 valence electrons. The number of hydrogen-bond acceptors (Lipinski definition) is 8. The molecule has 13 nitrogen and oxygen atoms in total. The maximum Gasteiger partial charge on any atom is 0.306 e. The average Bonchev–Trinajstić information content (AvgIpc) is 3.49. The van der Waals surface area contributed by atoms with Crippen molar-refractivity contribution in [2.75, 3.05) is 19.5 Å². The maximum absolute atomic E-state index is 13.2. The molecule has 1 saturated heterocycles. The molecule has 5 amide bonds. The van der Waals surface area contributed by atoms with E-state index in [1.165, 1.54) is 32.8 Å². The molecule has 0 aromatic heterocycles. The summed E-state index contributed by atoms with van der Waals surface area (Å²) < 4.78 is 4.47. The number of benzene rings is 1. The number of halogens is 1. The second kappa shape index (κ2) is 17.2. The number of hydrogen-bond donors (Lipinski definition) is 4. The van der Waals surface area contributed by atoms with Crippen LogP contribution in [0.15, 0.2) is 30.3 Å². The van der Waals surface area contributed by atoms with Crippen molar-refractivity contribution in [3.63, 3.8) is 0 Å². The van der Waals surface area contributed by atoms with Crippen molar-refractivity contribution in [1.29, 1.82) is 0 Å². The lowest BCUT2D eigenvalue weighted by molar-refractivity contribution is -0.142. The lowest BCUT2D eigenvalue weighted by atomic mass is 10.0. The number of Topliss-reactive ketones (excluding diaryl/α,β-unsaturated/α-hetero) is 1. The Kier molecular flexibility index (Phi) is 14.1. The number of nitrogens with one attached hydrogen (secondary N) is 4. The number of likely N-dealkylation sites (tertiary alicyclic amines) is 1. The number of ether oxygens (including phenoxy) is 1. The monoisotopic (exact) mass is 621 g/mol. The summed E-state index contributed by atoms with van der Waals surface area (Å²) in [6, 6.07) is 4.44. The van der Waals surface area contributed by atoms with Gasteiger partial charge in [0.2, 0.25) is 29.5 Å². The lowest BCUT2D eigenvalue weighted by Gasteiger charge is -2.29. The molecule has 0 bridgehead atoms. The van der Waals surface area contributed by atoms with Crippen molar-refractivity contribution in [3.05, 3.63) is 35.9 Å². The molecule has 0 aliphatic carbocycles. The zero-order chi connectivity index (χ0) is 32.1. The van der Waals surface area contributed by atoms with Gasteiger partial charge in [-0.15, -0.1) is 11.6 Å². The van der Waals surface area contributed by atoms with Crippen molar-refractivity contribution < 1.29 is 38.3 Å². The number of methoxy groups -OCH3 is 1. The van der Waals surface area contributed by atoms with Crippen molar-refractivity contribution >= 4 is 52.9 Å². The second-order valence-corrected chi connectivity index (χ2v) is 10.6. The Morgan fingerprint density at radius 3 is 2.09 bits per heavy atom. The van der Waals surface area contributed by atoms with Gasteiger partial charge in [0, 0.05) is 13.0 Å². The van der Waals surface area contributed by atoms with Crippen LogP contribution in [-0.2, 0) is 44.7 Å². The molecule has 0 saturated carbocycles. The maximum atomic E-state index is 13.2. The predicted molar refractivity (Wildman–Crippen MR) is 157 cm³/mol. The van der Waals surface area contributed by atoms with Gasteiger partial charge in [-0.3, -0.25) is 33.6 Å². The molecule has 1 aromatic carbocycles. The van der Waals surface area contributed by atoms with Gasteiger partial charge in [-0.05, 0) is 45.6 Å². The minimum absolute atomic E-state index is 0.138. The number of rotatable bonds is 15. The third-order valence-electron chi connectivity index (χ3n) is 6.99. The van der Waals surface area contributed by atoms with Gasteiger partial charge >= 0.3 is 5.97 Å². The first kappa shape index (κ1) is 35.2. The van der Waals surface area contributed by atoms with E-state index in [1.807, 2.05) is 30.3 Å². The van der Waals surface area contributed by atoms with Crippen LogP contribution in [0.5, 0.6) is 0 Å². The molecule has 1 fully saturated rings. The summed E-state index contributed by atoms with van der Waals surface area (Å²) in [7, 11) is 1.20. The molecule has 0 radical (unpaired) electrons. The Morgan fingerprint density at radius 1 is 0.884 bits per heavy atom. The fourth-order valence-electron chi connectivity index (χ4n) is 4.51. The molecule has 1 aliphatic rings. The highest BCUT2D eigenvalue weighted by Gasteiger charge is 2.38. The van der Waals surface area contributed by atoms with Gasteiger partial charge in [0.15, 0.2) is 5.78 Å². The number of carbonyl (C=O) groups excluding carboxylic acids is 7. The summed E-state index contributed by atoms with van der Waals surface area (Å²) in [5, 5.41) is 10.2. The SMILES string of the molecule is COC(=O)CCC(=O)N[C@@H](C)C(=O)N[C@H](C)C(=O)N[C@@H](C)C(=O)N1CCC[C@H]1C(=O)NC(Cc1ccccc1)C(=O)CCl. The molecule has 1 aromatic rings. The number of ketones is 1. The first-order chi connectivity index (χ1) is 20.4. The number of esters is 1. The van der Waals surface area contributed by atoms with Gasteiger partial charge in [-0.1, -0.05) is 30.3 Å². The molecule has 4 N–H and O–H groups in total. The van der Waals surface area contributed by atoms with E-state index < -0.39 is 65.7 Å². The topological polar surface area (TPSA) is 180 Å². The summed E-state index contributed by atoms with van der Waals surface area (Å²) in [6.07, 6.45) is 0.908. The summed E-state index contributed by atoms with van der Waals surface area (Å²) in [4.78, 5) is 88.6. The number of nitrogens with zero attached hydrogens (tertiary/aromatic N) is 1. The van der Waals surface area contributed by atoms with Gasteiger partial charge in [0.1, 0.15) is 24.2 Å². The Bertz CT molecular complexity index is 1180. The number of carbonyl (C=O) groups is 7. The fourth-order valence-corrected chi connectivity index (χ4v) is 4.70. The van der Waals surface area contributed by atoms with Crippen LogP contribution in [0.1, 0.15) is 52.0 Å². The Labute approximate surface area is 255 Å². The third kappa shape index (κ3) is 11.0. The van der Waals surface area contributed by atoms with E-state index in [-0.39, 0.29) is 30.9 Å². The minimum atomic E-state index is -1.05. The van der Waals surface area contributed by atoms with Crippen LogP contribution >= 0.6 is 11.6 Å². The molecule has 0 spiro atoms. The smallest absolute Gasteiger partial charge is 0.306 e. The highest BCUT2D eigenvalue weighted by molar-refractivity contribution is 6.28. The van der Waals surface area contributed by atoms with E-state index in [4.69, 9.17) is 11.6 Å². The van der Waals surface area contributed by atoms with Crippen molar-refractivity contribution in [2.45, 2.75) is 83.1 Å². The van der Waals surface area contributed by atoms with Crippen LogP contribution in [0.2, 0.25) is 0 Å². The molecule has 14 heteroatoms. The molecule has 2 rings (SSSR count). The lowest BCUT2D eigenvalue weighted by Crippen LogP contribution is -2.57. The van der Waals surface area contributed by atoms with Crippen molar-refractivity contribution in [2.24, 2.45) is 0 Å². The van der Waals surface area contributed by atoms with Gasteiger partial charge in [-0.2, -0.15) is 0 Å². The van der Waals surface area contributed by atoms with Crippen LogP contribution in [-0.4, -0.2) is 95.9 Å². The summed E-state index contributed by atoms with van der Waals surface area (Å²) in [5.74, 6) is -3.96. The Morgan fingerprint density at radius 2 is 1.49 bits per heavy atom. The summed E-state index contributed by atoms with van der Waals surface area (Å²) in [5.41, 5.74) is 0.846. The van der Waals surface area contributed by atoms with E-state index in [1.54, 1.807) is 0 Å². The van der Waals surface area contributed by atoms with Crippen molar-refractivity contribution in [3.8, 4) is 0 Å². The van der Waals surface area contributed by atoms with Crippen LogP contribution in [0.25, 0.3) is 0 Å². The van der Waals surface area contributed by atoms with E-state index in [2.05, 4.69) is 26.0 Å². The minimum Gasteiger partial charge on any atom is -0.469 e. The normalized spacial score (nSPS) is 17.0. The molecule has 5 atom stereocenters. The molecular weight excluding hydrogens is 582 g/mol. The highest BCUT2D eigenvalue weighted by Crippen LogP contribution is 2.19. The summed E-state index contributed by atoms with van der Waals surface area (Å²) >= 11 is 5.78. The molecule has 1 heterocycles. The molecule has 43 heavy (non-hydrogen) atoms. The van der Waals surface area contributed by atoms with Gasteiger partial charge in [-0.25, -0.2) is 0 Å². The Hall–Kier alpha value is -4.00. The van der Waals surface area contributed by atoms with Crippen LogP contribution in [0.4, 0.5) is 0 Å². The van der Waals surface area contributed by atoms with E-state index >= 15 is 0 Å². The molecule has 1 unspecified atom stereocenters. The molecule has 1 aliphatic heterocycles. The van der Waals surface area contributed by atoms with Crippen molar-refractivity contribution in [1.82, 2.24) is 26.2 Å². The van der Waals surface area contributed by atoms with Crippen LogP contribution < -0.4 is 21.3 Å². The quantitative estimate of drug-likeness (QED) is 0.156. The van der Waals surface area contributed by atoms with Gasteiger partial charge in [0.25, 0.3) is 0 Å². The van der Waals surface area contributed by atoms with E-state index in [9.17, 15) is 33.6 Å².